The molecule has 8 heteroatoms. The molecular formula is C19H16ClN3O3S. The van der Waals surface area contributed by atoms with Crippen LogP contribution in [0.25, 0.3) is 6.08 Å². The number of nitrogens with one attached hydrogen (secondary N) is 1. The number of rotatable bonds is 5. The van der Waals surface area contributed by atoms with Crippen LogP contribution in [0.2, 0.25) is 5.02 Å². The van der Waals surface area contributed by atoms with E-state index in [1.165, 1.54) is 0 Å². The Balaban J connectivity index is 1.59. The standard InChI is InChI=1S/C19H16ClN3O3S/c1-11-2-5-13(6-3-11)22-17(24)10-26-15-7-4-12(8-14(15)20)9-16-18(25)23-19(21)27-16/h2-9H,10H2,1H3,(H,22,24)(H2,21,23,25). The van der Waals surface area contributed by atoms with Crippen LogP contribution in [0.15, 0.2) is 52.4 Å². The maximum Gasteiger partial charge on any atom is 0.286 e. The topological polar surface area (TPSA) is 93.8 Å². The second kappa shape index (κ2) is 8.28. The van der Waals surface area contributed by atoms with Crippen molar-refractivity contribution in [3.05, 3.63) is 63.5 Å². The molecule has 0 fully saturated rings. The van der Waals surface area contributed by atoms with Crippen molar-refractivity contribution in [2.75, 3.05) is 11.9 Å². The zero-order chi connectivity index (χ0) is 19.4. The average molecular weight is 402 g/mol. The van der Waals surface area contributed by atoms with Gasteiger partial charge in [-0.05, 0) is 54.6 Å². The Bertz CT molecular complexity index is 955. The third-order valence-electron chi connectivity index (χ3n) is 3.58. The number of halogens is 1. The van der Waals surface area contributed by atoms with Crippen molar-refractivity contribution >= 4 is 52.1 Å². The highest BCUT2D eigenvalue weighted by Gasteiger charge is 2.19. The number of benzene rings is 2. The second-order valence-electron chi connectivity index (χ2n) is 5.76. The molecule has 1 aliphatic rings. The van der Waals surface area contributed by atoms with E-state index in [9.17, 15) is 9.59 Å². The molecule has 0 atom stereocenters. The van der Waals surface area contributed by atoms with E-state index in [4.69, 9.17) is 22.1 Å². The average Bonchev–Trinajstić information content (AvgIpc) is 2.93. The Labute approximate surface area is 165 Å². The summed E-state index contributed by atoms with van der Waals surface area (Å²) in [6.07, 6.45) is 1.65. The Kier molecular flexibility index (Phi) is 5.83. The van der Waals surface area contributed by atoms with Crippen LogP contribution in [0.4, 0.5) is 5.69 Å². The summed E-state index contributed by atoms with van der Waals surface area (Å²) >= 11 is 7.32. The van der Waals surface area contributed by atoms with E-state index in [0.29, 0.717) is 26.9 Å². The minimum Gasteiger partial charge on any atom is -0.482 e. The number of nitrogens with two attached hydrogens (primary N) is 1. The van der Waals surface area contributed by atoms with Gasteiger partial charge in [0.05, 0.1) is 9.93 Å². The van der Waals surface area contributed by atoms with Crippen LogP contribution in [0.1, 0.15) is 11.1 Å². The maximum absolute atomic E-state index is 12.0. The van der Waals surface area contributed by atoms with Crippen molar-refractivity contribution in [3.8, 4) is 5.75 Å². The lowest BCUT2D eigenvalue weighted by Gasteiger charge is -2.09. The van der Waals surface area contributed by atoms with Crippen LogP contribution in [-0.4, -0.2) is 23.6 Å². The van der Waals surface area contributed by atoms with Crippen molar-refractivity contribution in [1.29, 1.82) is 0 Å². The van der Waals surface area contributed by atoms with E-state index in [-0.39, 0.29) is 23.6 Å². The monoisotopic (exact) mass is 401 g/mol. The molecule has 0 aliphatic carbocycles. The number of anilines is 1. The largest absolute Gasteiger partial charge is 0.482 e. The molecule has 0 bridgehead atoms. The van der Waals surface area contributed by atoms with Crippen LogP contribution >= 0.6 is 23.4 Å². The van der Waals surface area contributed by atoms with E-state index in [1.54, 1.807) is 24.3 Å². The number of hydrogen-bond donors (Lipinski definition) is 2. The first kappa shape index (κ1) is 19.0. The molecule has 1 aliphatic heterocycles. The number of thioether (sulfide) groups is 1. The summed E-state index contributed by atoms with van der Waals surface area (Å²) in [6, 6.07) is 12.5. The van der Waals surface area contributed by atoms with Crippen molar-refractivity contribution in [3.63, 3.8) is 0 Å². The van der Waals surface area contributed by atoms with Crippen LogP contribution in [-0.2, 0) is 9.59 Å². The molecule has 0 radical (unpaired) electrons. The van der Waals surface area contributed by atoms with Gasteiger partial charge in [0.2, 0.25) is 0 Å². The smallest absolute Gasteiger partial charge is 0.286 e. The molecule has 3 N–H and O–H groups in total. The molecular weight excluding hydrogens is 386 g/mol. The SMILES string of the molecule is Cc1ccc(NC(=O)COc2ccc(C=C3SC(N)=NC3=O)cc2Cl)cc1. The molecule has 0 unspecified atom stereocenters. The summed E-state index contributed by atoms with van der Waals surface area (Å²) in [5, 5.41) is 3.30. The number of aryl methyl sites for hydroxylation is 1. The predicted octanol–water partition coefficient (Wildman–Crippen LogP) is 3.59. The molecule has 2 aromatic rings. The van der Waals surface area contributed by atoms with E-state index in [1.807, 2.05) is 31.2 Å². The Morgan fingerprint density at radius 1 is 1.30 bits per heavy atom. The van der Waals surface area contributed by atoms with Gasteiger partial charge in [0.25, 0.3) is 11.8 Å². The van der Waals surface area contributed by atoms with Crippen molar-refractivity contribution in [1.82, 2.24) is 0 Å². The predicted molar refractivity (Wildman–Crippen MR) is 109 cm³/mol. The molecule has 6 nitrogen and oxygen atoms in total. The van der Waals surface area contributed by atoms with Gasteiger partial charge >= 0.3 is 0 Å². The quantitative estimate of drug-likeness (QED) is 0.746. The molecule has 138 valence electrons. The van der Waals surface area contributed by atoms with E-state index in [0.717, 1.165) is 17.3 Å². The van der Waals surface area contributed by atoms with Crippen LogP contribution in [0.5, 0.6) is 5.75 Å². The number of carbonyl (C=O) groups is 2. The number of nitrogens with zero attached hydrogens (tertiary/aromatic N) is 1. The summed E-state index contributed by atoms with van der Waals surface area (Å²) in [4.78, 5) is 27.7. The Morgan fingerprint density at radius 2 is 2.04 bits per heavy atom. The van der Waals surface area contributed by atoms with E-state index < -0.39 is 0 Å². The van der Waals surface area contributed by atoms with Crippen LogP contribution in [0, 0.1) is 6.92 Å². The fourth-order valence-electron chi connectivity index (χ4n) is 2.28. The molecule has 2 aromatic carbocycles. The molecule has 27 heavy (non-hydrogen) atoms. The summed E-state index contributed by atoms with van der Waals surface area (Å²) in [6.45, 7) is 1.80. The van der Waals surface area contributed by atoms with Gasteiger partial charge < -0.3 is 15.8 Å². The van der Waals surface area contributed by atoms with Gasteiger partial charge in [0.1, 0.15) is 5.75 Å². The lowest BCUT2D eigenvalue weighted by atomic mass is 10.2. The molecule has 2 amide bonds. The third kappa shape index (κ3) is 5.12. The Morgan fingerprint density at radius 3 is 2.67 bits per heavy atom. The number of aliphatic imine (C=N–C) groups is 1. The number of carbonyl (C=O) groups excluding carboxylic acids is 2. The first-order valence-electron chi connectivity index (χ1n) is 7.97. The molecule has 0 saturated carbocycles. The van der Waals surface area contributed by atoms with Gasteiger partial charge in [-0.2, -0.15) is 4.99 Å². The number of amidine groups is 1. The number of ether oxygens (including phenoxy) is 1. The van der Waals surface area contributed by atoms with Gasteiger partial charge in [-0.3, -0.25) is 9.59 Å². The minimum absolute atomic E-state index is 0.174. The fourth-order valence-corrected chi connectivity index (χ4v) is 3.20. The summed E-state index contributed by atoms with van der Waals surface area (Å²) in [5.41, 5.74) is 8.03. The zero-order valence-electron chi connectivity index (χ0n) is 14.4. The van der Waals surface area contributed by atoms with Gasteiger partial charge in [-0.25, -0.2) is 0 Å². The first-order valence-corrected chi connectivity index (χ1v) is 9.17. The van der Waals surface area contributed by atoms with Crippen molar-refractivity contribution < 1.29 is 14.3 Å². The molecule has 0 saturated heterocycles. The van der Waals surface area contributed by atoms with Gasteiger partial charge in [-0.15, -0.1) is 0 Å². The zero-order valence-corrected chi connectivity index (χ0v) is 15.9. The van der Waals surface area contributed by atoms with E-state index >= 15 is 0 Å². The van der Waals surface area contributed by atoms with Gasteiger partial charge in [0.15, 0.2) is 11.8 Å². The molecule has 0 spiro atoms. The summed E-state index contributed by atoms with van der Waals surface area (Å²) < 4.78 is 5.48. The van der Waals surface area contributed by atoms with Crippen molar-refractivity contribution in [2.24, 2.45) is 10.7 Å². The normalized spacial score (nSPS) is 15.0. The minimum atomic E-state index is -0.373. The van der Waals surface area contributed by atoms with Crippen LogP contribution < -0.4 is 15.8 Å². The van der Waals surface area contributed by atoms with Crippen molar-refractivity contribution in [2.45, 2.75) is 6.92 Å². The molecule has 1 heterocycles. The molecule has 0 aromatic heterocycles. The number of amides is 2. The third-order valence-corrected chi connectivity index (χ3v) is 4.69. The summed E-state index contributed by atoms with van der Waals surface area (Å²) in [5.74, 6) is -0.289. The number of hydrogen-bond acceptors (Lipinski definition) is 5. The van der Waals surface area contributed by atoms with E-state index in [2.05, 4.69) is 10.3 Å². The first-order chi connectivity index (χ1) is 12.9. The highest BCUT2D eigenvalue weighted by molar-refractivity contribution is 8.18. The molecule has 3 rings (SSSR count). The lowest BCUT2D eigenvalue weighted by molar-refractivity contribution is -0.118. The Hall–Kier alpha value is -2.77. The second-order valence-corrected chi connectivity index (χ2v) is 7.23. The van der Waals surface area contributed by atoms with Gasteiger partial charge in [0, 0.05) is 5.69 Å². The fraction of sp³-hybridized carbons (Fsp3) is 0.105. The highest BCUT2D eigenvalue weighted by Crippen LogP contribution is 2.30. The lowest BCUT2D eigenvalue weighted by Crippen LogP contribution is -2.20. The summed E-state index contributed by atoms with van der Waals surface area (Å²) in [7, 11) is 0. The van der Waals surface area contributed by atoms with Crippen LogP contribution in [0.3, 0.4) is 0 Å². The highest BCUT2D eigenvalue weighted by atomic mass is 35.5. The maximum atomic E-state index is 12.0. The van der Waals surface area contributed by atoms with Gasteiger partial charge in [-0.1, -0.05) is 35.4 Å².